The van der Waals surface area contributed by atoms with Crippen molar-refractivity contribution in [2.24, 2.45) is 0 Å². The molecule has 2 aromatic carbocycles. The summed E-state index contributed by atoms with van der Waals surface area (Å²) in [5.41, 5.74) is 3.64. The highest BCUT2D eigenvalue weighted by atomic mass is 16.1. The van der Waals surface area contributed by atoms with Crippen LogP contribution in [0.3, 0.4) is 0 Å². The largest absolute Gasteiger partial charge is 0.303 e. The third-order valence-corrected chi connectivity index (χ3v) is 3.01. The summed E-state index contributed by atoms with van der Waals surface area (Å²) >= 11 is 0. The van der Waals surface area contributed by atoms with Gasteiger partial charge in [-0.05, 0) is 18.1 Å². The van der Waals surface area contributed by atoms with Crippen molar-refractivity contribution in [2.75, 3.05) is 0 Å². The molecule has 17 heavy (non-hydrogen) atoms. The molecule has 0 heterocycles. The molecule has 0 N–H and O–H groups in total. The van der Waals surface area contributed by atoms with E-state index in [9.17, 15) is 4.79 Å². The van der Waals surface area contributed by atoms with E-state index in [-0.39, 0.29) is 5.92 Å². The van der Waals surface area contributed by atoms with Crippen LogP contribution in [0.4, 0.5) is 0 Å². The lowest BCUT2D eigenvalue weighted by atomic mass is 9.89. The van der Waals surface area contributed by atoms with Crippen molar-refractivity contribution in [3.63, 3.8) is 0 Å². The predicted octanol–water partition coefficient (Wildman–Crippen LogP) is 3.72. The van der Waals surface area contributed by atoms with Crippen molar-refractivity contribution in [2.45, 2.75) is 19.3 Å². The topological polar surface area (TPSA) is 17.1 Å². The van der Waals surface area contributed by atoms with Crippen LogP contribution in [0.1, 0.15) is 29.0 Å². The highest BCUT2D eigenvalue weighted by molar-refractivity contribution is 5.54. The molecule has 1 nitrogen and oxygen atoms in total. The number of carbonyl (C=O) groups excluding carboxylic acids is 1. The van der Waals surface area contributed by atoms with Gasteiger partial charge in [0.15, 0.2) is 0 Å². The lowest BCUT2D eigenvalue weighted by molar-refractivity contribution is -0.108. The molecule has 0 aliphatic rings. The summed E-state index contributed by atoms with van der Waals surface area (Å²) in [6.07, 6.45) is 1.53. The van der Waals surface area contributed by atoms with Crippen LogP contribution >= 0.6 is 0 Å². The lowest BCUT2D eigenvalue weighted by Crippen LogP contribution is -2.01. The zero-order chi connectivity index (χ0) is 12.1. The Kier molecular flexibility index (Phi) is 3.71. The second-order valence-corrected chi connectivity index (χ2v) is 4.28. The molecule has 1 heteroatoms. The maximum absolute atomic E-state index is 10.8. The third kappa shape index (κ3) is 2.82. The van der Waals surface area contributed by atoms with Gasteiger partial charge in [0.25, 0.3) is 0 Å². The van der Waals surface area contributed by atoms with Crippen LogP contribution in [-0.4, -0.2) is 6.29 Å². The monoisotopic (exact) mass is 224 g/mol. The fraction of sp³-hybridized carbons (Fsp3) is 0.188. The van der Waals surface area contributed by atoms with Gasteiger partial charge in [0.2, 0.25) is 0 Å². The number of aldehydes is 1. The first kappa shape index (κ1) is 11.6. The molecule has 0 radical (unpaired) electrons. The van der Waals surface area contributed by atoms with E-state index in [1.165, 1.54) is 16.7 Å². The Morgan fingerprint density at radius 2 is 1.53 bits per heavy atom. The number of hydrogen-bond donors (Lipinski definition) is 0. The van der Waals surface area contributed by atoms with Gasteiger partial charge < -0.3 is 4.79 Å². The van der Waals surface area contributed by atoms with E-state index < -0.39 is 0 Å². The minimum absolute atomic E-state index is 0.175. The molecule has 0 fully saturated rings. The normalized spacial score (nSPS) is 12.1. The summed E-state index contributed by atoms with van der Waals surface area (Å²) in [6.45, 7) is 2.07. The number of rotatable bonds is 4. The van der Waals surface area contributed by atoms with Crippen LogP contribution in [0, 0.1) is 6.92 Å². The minimum atomic E-state index is 0.175. The number of benzene rings is 2. The molecule has 0 aliphatic heterocycles. The number of aryl methyl sites for hydroxylation is 1. The quantitative estimate of drug-likeness (QED) is 0.723. The third-order valence-electron chi connectivity index (χ3n) is 3.01. The molecule has 2 rings (SSSR count). The maximum Gasteiger partial charge on any atom is 0.120 e. The van der Waals surface area contributed by atoms with Crippen LogP contribution in [0.25, 0.3) is 0 Å². The zero-order valence-electron chi connectivity index (χ0n) is 9.97. The Hall–Kier alpha value is -1.89. The minimum Gasteiger partial charge on any atom is -0.303 e. The average Bonchev–Trinajstić information content (AvgIpc) is 2.38. The zero-order valence-corrected chi connectivity index (χ0v) is 9.97. The molecule has 1 unspecified atom stereocenters. The van der Waals surface area contributed by atoms with Gasteiger partial charge in [-0.25, -0.2) is 0 Å². The standard InChI is InChI=1S/C16H16O/c1-13-7-9-15(10-8-13)16(11-12-17)14-5-3-2-4-6-14/h2-10,12,16H,11H2,1H3. The number of hydrogen-bond acceptors (Lipinski definition) is 1. The van der Waals surface area contributed by atoms with Gasteiger partial charge in [0, 0.05) is 12.3 Å². The Morgan fingerprint density at radius 3 is 2.12 bits per heavy atom. The van der Waals surface area contributed by atoms with E-state index in [1.54, 1.807) is 0 Å². The first-order chi connectivity index (χ1) is 8.31. The van der Waals surface area contributed by atoms with Crippen LogP contribution < -0.4 is 0 Å². The molecule has 0 aromatic heterocycles. The van der Waals surface area contributed by atoms with Crippen molar-refractivity contribution in [3.05, 3.63) is 71.3 Å². The van der Waals surface area contributed by atoms with Crippen LogP contribution in [0.5, 0.6) is 0 Å². The molecule has 2 aromatic rings. The van der Waals surface area contributed by atoms with Crippen LogP contribution in [-0.2, 0) is 4.79 Å². The smallest absolute Gasteiger partial charge is 0.120 e. The van der Waals surface area contributed by atoms with Crippen molar-refractivity contribution < 1.29 is 4.79 Å². The Morgan fingerprint density at radius 1 is 0.941 bits per heavy atom. The van der Waals surface area contributed by atoms with Crippen LogP contribution in [0.2, 0.25) is 0 Å². The van der Waals surface area contributed by atoms with Gasteiger partial charge in [-0.1, -0.05) is 60.2 Å². The summed E-state index contributed by atoms with van der Waals surface area (Å²) in [5, 5.41) is 0. The van der Waals surface area contributed by atoms with Gasteiger partial charge in [-0.3, -0.25) is 0 Å². The molecule has 1 atom stereocenters. The lowest BCUT2D eigenvalue weighted by Gasteiger charge is -2.15. The molecule has 0 saturated heterocycles. The first-order valence-corrected chi connectivity index (χ1v) is 5.86. The molecular weight excluding hydrogens is 208 g/mol. The Bertz CT molecular complexity index is 471. The van der Waals surface area contributed by atoms with Crippen molar-refractivity contribution >= 4 is 6.29 Å². The Labute approximate surface area is 102 Å². The fourth-order valence-corrected chi connectivity index (χ4v) is 2.04. The summed E-state index contributed by atoms with van der Waals surface area (Å²) in [6, 6.07) is 18.6. The highest BCUT2D eigenvalue weighted by Crippen LogP contribution is 2.27. The highest BCUT2D eigenvalue weighted by Gasteiger charge is 2.12. The van der Waals surface area contributed by atoms with Gasteiger partial charge >= 0.3 is 0 Å². The van der Waals surface area contributed by atoms with E-state index in [2.05, 4.69) is 43.3 Å². The average molecular weight is 224 g/mol. The molecule has 0 amide bonds. The van der Waals surface area contributed by atoms with E-state index in [0.29, 0.717) is 6.42 Å². The molecule has 0 spiro atoms. The predicted molar refractivity (Wildman–Crippen MR) is 70.1 cm³/mol. The van der Waals surface area contributed by atoms with Gasteiger partial charge in [-0.15, -0.1) is 0 Å². The van der Waals surface area contributed by atoms with Crippen molar-refractivity contribution in [3.8, 4) is 0 Å². The Balaban J connectivity index is 2.35. The van der Waals surface area contributed by atoms with E-state index in [1.807, 2.05) is 18.2 Å². The molecule has 0 saturated carbocycles. The van der Waals surface area contributed by atoms with Gasteiger partial charge in [0.05, 0.1) is 0 Å². The molecule has 0 bridgehead atoms. The maximum atomic E-state index is 10.8. The van der Waals surface area contributed by atoms with Gasteiger partial charge in [0.1, 0.15) is 6.29 Å². The van der Waals surface area contributed by atoms with Crippen LogP contribution in [0.15, 0.2) is 54.6 Å². The van der Waals surface area contributed by atoms with E-state index in [0.717, 1.165) is 6.29 Å². The molecular formula is C16H16O. The van der Waals surface area contributed by atoms with Crippen molar-refractivity contribution in [1.29, 1.82) is 0 Å². The first-order valence-electron chi connectivity index (χ1n) is 5.86. The summed E-state index contributed by atoms with van der Waals surface area (Å²) < 4.78 is 0. The molecule has 0 aliphatic carbocycles. The van der Waals surface area contributed by atoms with E-state index in [4.69, 9.17) is 0 Å². The molecule has 86 valence electrons. The van der Waals surface area contributed by atoms with Crippen molar-refractivity contribution in [1.82, 2.24) is 0 Å². The second kappa shape index (κ2) is 5.44. The SMILES string of the molecule is Cc1ccc(C(CC=O)c2ccccc2)cc1. The summed E-state index contributed by atoms with van der Waals surface area (Å²) in [5.74, 6) is 0.175. The second-order valence-electron chi connectivity index (χ2n) is 4.28. The van der Waals surface area contributed by atoms with E-state index >= 15 is 0 Å². The number of carbonyl (C=O) groups is 1. The summed E-state index contributed by atoms with van der Waals surface area (Å²) in [4.78, 5) is 10.8. The summed E-state index contributed by atoms with van der Waals surface area (Å²) in [7, 11) is 0. The fourth-order valence-electron chi connectivity index (χ4n) is 2.04. The van der Waals surface area contributed by atoms with Gasteiger partial charge in [-0.2, -0.15) is 0 Å².